The molecule has 5 heteroatoms. The molecule has 0 unspecified atom stereocenters. The van der Waals surface area contributed by atoms with E-state index in [1.807, 2.05) is 0 Å². The Balaban J connectivity index is 3.17. The largest absolute Gasteiger partial charge is 0.322 e. The van der Waals surface area contributed by atoms with Crippen LogP contribution in [0.3, 0.4) is 0 Å². The number of hydrogen-bond donors (Lipinski definition) is 2. The summed E-state index contributed by atoms with van der Waals surface area (Å²) in [5.74, 6) is -0.574. The second-order valence-corrected chi connectivity index (χ2v) is 0.830. The standard InChI is InChI=1S/C2H5N3O2/c3-1-2(6)4-5-7/h1,3H2,(H,4,6,7). The first-order chi connectivity index (χ1) is 3.31. The van der Waals surface area contributed by atoms with Gasteiger partial charge in [0.25, 0.3) is 5.91 Å². The Kier molecular flexibility index (Phi) is 2.78. The molecule has 0 saturated carbocycles. The summed E-state index contributed by atoms with van der Waals surface area (Å²) in [6.07, 6.45) is 0. The summed E-state index contributed by atoms with van der Waals surface area (Å²) in [6, 6.07) is 0. The van der Waals surface area contributed by atoms with Crippen LogP contribution in [0.2, 0.25) is 0 Å². The molecule has 0 aromatic rings. The zero-order valence-corrected chi connectivity index (χ0v) is 3.55. The third kappa shape index (κ3) is 2.84. The fourth-order valence-corrected chi connectivity index (χ4v) is 0.0966. The molecule has 3 N–H and O–H groups in total. The molecule has 0 heterocycles. The molecule has 40 valence electrons. The van der Waals surface area contributed by atoms with Gasteiger partial charge in [0.05, 0.1) is 11.8 Å². The predicted octanol–water partition coefficient (Wildman–Crippen LogP) is -1.26. The van der Waals surface area contributed by atoms with Crippen molar-refractivity contribution < 1.29 is 4.79 Å². The highest BCUT2D eigenvalue weighted by molar-refractivity contribution is 5.77. The van der Waals surface area contributed by atoms with Crippen molar-refractivity contribution >= 4 is 5.91 Å². The molecule has 0 spiro atoms. The number of rotatable bonds is 2. The van der Waals surface area contributed by atoms with Gasteiger partial charge in [-0.3, -0.25) is 4.79 Å². The van der Waals surface area contributed by atoms with Crippen LogP contribution in [0.4, 0.5) is 0 Å². The van der Waals surface area contributed by atoms with E-state index in [-0.39, 0.29) is 6.54 Å². The van der Waals surface area contributed by atoms with Gasteiger partial charge in [0.2, 0.25) is 0 Å². The maximum atomic E-state index is 9.88. The van der Waals surface area contributed by atoms with Crippen molar-refractivity contribution in [1.29, 1.82) is 0 Å². The van der Waals surface area contributed by atoms with Crippen LogP contribution in [0.15, 0.2) is 5.29 Å². The van der Waals surface area contributed by atoms with Crippen molar-refractivity contribution in [3.63, 3.8) is 0 Å². The fourth-order valence-electron chi connectivity index (χ4n) is 0.0966. The van der Waals surface area contributed by atoms with E-state index in [2.05, 4.69) is 5.29 Å². The van der Waals surface area contributed by atoms with Crippen molar-refractivity contribution in [2.75, 3.05) is 6.54 Å². The summed E-state index contributed by atoms with van der Waals surface area (Å²) in [4.78, 5) is 19.0. The normalized spacial score (nSPS) is 7.57. The lowest BCUT2D eigenvalue weighted by Gasteiger charge is -1.84. The molecule has 0 radical (unpaired) electrons. The first kappa shape index (κ1) is 6.03. The molecule has 0 bridgehead atoms. The van der Waals surface area contributed by atoms with Gasteiger partial charge in [0, 0.05) is 0 Å². The second kappa shape index (κ2) is 3.23. The Morgan fingerprint density at radius 2 is 2.43 bits per heavy atom. The molecule has 0 aromatic heterocycles. The molecule has 0 aliphatic heterocycles. The number of nitrogens with one attached hydrogen (secondary N) is 1. The van der Waals surface area contributed by atoms with Gasteiger partial charge in [-0.25, -0.2) is 5.43 Å². The number of nitrogens with zero attached hydrogens (tertiary/aromatic N) is 1. The number of carbonyl (C=O) groups excluding carboxylic acids is 1. The van der Waals surface area contributed by atoms with Crippen molar-refractivity contribution in [2.45, 2.75) is 0 Å². The van der Waals surface area contributed by atoms with Gasteiger partial charge in [0.1, 0.15) is 0 Å². The Hall–Kier alpha value is -0.970. The van der Waals surface area contributed by atoms with Crippen LogP contribution in [0.1, 0.15) is 0 Å². The molecule has 5 nitrogen and oxygen atoms in total. The van der Waals surface area contributed by atoms with Gasteiger partial charge >= 0.3 is 0 Å². The minimum atomic E-state index is -0.574. The van der Waals surface area contributed by atoms with Gasteiger partial charge in [-0.1, -0.05) is 0 Å². The third-order valence-corrected chi connectivity index (χ3v) is 0.356. The average molecular weight is 103 g/mol. The molecular formula is C2H5N3O2. The molecule has 0 aliphatic rings. The van der Waals surface area contributed by atoms with Crippen LogP contribution >= 0.6 is 0 Å². The number of amides is 1. The average Bonchev–Trinajstić information content (AvgIpc) is 1.68. The van der Waals surface area contributed by atoms with Crippen LogP contribution in [-0.2, 0) is 4.79 Å². The highest BCUT2D eigenvalue weighted by Gasteiger charge is 1.90. The maximum Gasteiger partial charge on any atom is 0.256 e. The van der Waals surface area contributed by atoms with Crippen molar-refractivity contribution in [2.24, 2.45) is 11.0 Å². The molecular weight excluding hydrogens is 98.0 g/mol. The van der Waals surface area contributed by atoms with Gasteiger partial charge in [-0.15, -0.1) is 4.91 Å². The topological polar surface area (TPSA) is 84.6 Å². The molecule has 0 fully saturated rings. The third-order valence-electron chi connectivity index (χ3n) is 0.356. The van der Waals surface area contributed by atoms with Crippen LogP contribution in [0.25, 0.3) is 0 Å². The number of hydrogen-bond acceptors (Lipinski definition) is 4. The van der Waals surface area contributed by atoms with E-state index in [9.17, 15) is 4.79 Å². The Morgan fingerprint density at radius 1 is 1.86 bits per heavy atom. The lowest BCUT2D eigenvalue weighted by molar-refractivity contribution is -0.119. The minimum Gasteiger partial charge on any atom is -0.322 e. The Morgan fingerprint density at radius 3 is 2.57 bits per heavy atom. The highest BCUT2D eigenvalue weighted by atomic mass is 16.3. The van der Waals surface area contributed by atoms with Crippen LogP contribution < -0.4 is 11.2 Å². The molecule has 7 heavy (non-hydrogen) atoms. The van der Waals surface area contributed by atoms with E-state index < -0.39 is 5.91 Å². The summed E-state index contributed by atoms with van der Waals surface area (Å²) in [7, 11) is 0. The first-order valence-electron chi connectivity index (χ1n) is 1.62. The smallest absolute Gasteiger partial charge is 0.256 e. The highest BCUT2D eigenvalue weighted by Crippen LogP contribution is 1.54. The second-order valence-electron chi connectivity index (χ2n) is 0.830. The van der Waals surface area contributed by atoms with E-state index in [0.717, 1.165) is 0 Å². The minimum absolute atomic E-state index is 0.203. The Labute approximate surface area is 39.8 Å². The van der Waals surface area contributed by atoms with Crippen molar-refractivity contribution in [3.05, 3.63) is 4.91 Å². The van der Waals surface area contributed by atoms with Gasteiger partial charge in [0.15, 0.2) is 0 Å². The SMILES string of the molecule is NCC(=O)NN=O. The number of nitrogens with two attached hydrogens (primary N) is 1. The fraction of sp³-hybridized carbons (Fsp3) is 0.500. The summed E-state index contributed by atoms with van der Waals surface area (Å²) >= 11 is 0. The van der Waals surface area contributed by atoms with Gasteiger partial charge in [-0.2, -0.15) is 0 Å². The summed E-state index contributed by atoms with van der Waals surface area (Å²) in [6.45, 7) is -0.203. The first-order valence-corrected chi connectivity index (χ1v) is 1.62. The van der Waals surface area contributed by atoms with Gasteiger partial charge in [-0.05, 0) is 0 Å². The zero-order chi connectivity index (χ0) is 5.70. The van der Waals surface area contributed by atoms with E-state index in [1.165, 1.54) is 0 Å². The number of nitroso groups, excluding NO2 is 1. The molecule has 0 aliphatic carbocycles. The molecule has 0 rings (SSSR count). The maximum absolute atomic E-state index is 9.88. The predicted molar refractivity (Wildman–Crippen MR) is 23.0 cm³/mol. The van der Waals surface area contributed by atoms with Crippen molar-refractivity contribution in [1.82, 2.24) is 5.43 Å². The summed E-state index contributed by atoms with van der Waals surface area (Å²) in [5.41, 5.74) is 6.35. The van der Waals surface area contributed by atoms with E-state index >= 15 is 0 Å². The van der Waals surface area contributed by atoms with Crippen LogP contribution in [0.5, 0.6) is 0 Å². The zero-order valence-electron chi connectivity index (χ0n) is 3.55. The van der Waals surface area contributed by atoms with Gasteiger partial charge < -0.3 is 5.73 Å². The molecule has 0 aromatic carbocycles. The summed E-state index contributed by atoms with van der Waals surface area (Å²) < 4.78 is 0. The molecule has 0 atom stereocenters. The monoisotopic (exact) mass is 103 g/mol. The Bertz CT molecular complexity index is 81.0. The van der Waals surface area contributed by atoms with Crippen molar-refractivity contribution in [3.8, 4) is 0 Å². The van der Waals surface area contributed by atoms with Crippen LogP contribution in [-0.4, -0.2) is 12.5 Å². The lowest BCUT2D eigenvalue weighted by atomic mass is 10.7. The van der Waals surface area contributed by atoms with E-state index in [4.69, 9.17) is 10.6 Å². The lowest BCUT2D eigenvalue weighted by Crippen LogP contribution is -2.25. The molecule has 1 amide bonds. The van der Waals surface area contributed by atoms with E-state index in [0.29, 0.717) is 0 Å². The molecule has 0 saturated heterocycles. The van der Waals surface area contributed by atoms with E-state index in [1.54, 1.807) is 5.43 Å². The quantitative estimate of drug-likeness (QED) is 0.338. The van der Waals surface area contributed by atoms with Crippen LogP contribution in [0, 0.1) is 4.91 Å². The number of carbonyl (C=O) groups is 1. The summed E-state index contributed by atoms with van der Waals surface area (Å²) in [5, 5.41) is 2.08.